The summed E-state index contributed by atoms with van der Waals surface area (Å²) in [6.07, 6.45) is 9.26. The van der Waals surface area contributed by atoms with E-state index >= 15 is 0 Å². The van der Waals surface area contributed by atoms with E-state index in [9.17, 15) is 0 Å². The van der Waals surface area contributed by atoms with Gasteiger partial charge in [0.2, 0.25) is 0 Å². The lowest BCUT2D eigenvalue weighted by Crippen LogP contribution is -1.99. The molecule has 15 heavy (non-hydrogen) atoms. The van der Waals surface area contributed by atoms with Crippen LogP contribution in [0.1, 0.15) is 23.5 Å². The lowest BCUT2D eigenvalue weighted by atomic mass is 10.1. The van der Waals surface area contributed by atoms with Gasteiger partial charge in [-0.3, -0.25) is 4.98 Å². The summed E-state index contributed by atoms with van der Waals surface area (Å²) in [4.78, 5) is 8.74. The van der Waals surface area contributed by atoms with E-state index in [1.54, 1.807) is 0 Å². The standard InChI is InChI=1S/C12H13N3/c1-9-8-15-11-7-13-6-5-10(11)3-2-4-12(15)14-9/h5-8H,2-4H2,1H3. The summed E-state index contributed by atoms with van der Waals surface area (Å²) in [5.41, 5.74) is 3.66. The summed E-state index contributed by atoms with van der Waals surface area (Å²) < 4.78 is 2.19. The molecule has 0 atom stereocenters. The highest BCUT2D eigenvalue weighted by molar-refractivity contribution is 5.41. The molecule has 1 aliphatic heterocycles. The van der Waals surface area contributed by atoms with E-state index in [1.165, 1.54) is 23.5 Å². The number of fused-ring (bicyclic) bond motifs is 3. The average Bonchev–Trinajstić information content (AvgIpc) is 2.52. The van der Waals surface area contributed by atoms with Gasteiger partial charge in [0.05, 0.1) is 17.6 Å². The number of imidazole rings is 1. The Morgan fingerprint density at radius 2 is 2.27 bits per heavy atom. The summed E-state index contributed by atoms with van der Waals surface area (Å²) in [6, 6.07) is 2.11. The van der Waals surface area contributed by atoms with E-state index in [1.807, 2.05) is 19.3 Å². The number of pyridine rings is 1. The van der Waals surface area contributed by atoms with Crippen LogP contribution in [0.5, 0.6) is 0 Å². The minimum Gasteiger partial charge on any atom is -0.302 e. The summed E-state index contributed by atoms with van der Waals surface area (Å²) >= 11 is 0. The molecule has 3 rings (SSSR count). The van der Waals surface area contributed by atoms with Crippen LogP contribution in [0.15, 0.2) is 24.7 Å². The molecule has 0 amide bonds. The van der Waals surface area contributed by atoms with Crippen molar-refractivity contribution in [3.63, 3.8) is 0 Å². The molecule has 3 nitrogen and oxygen atoms in total. The highest BCUT2D eigenvalue weighted by Gasteiger charge is 2.14. The smallest absolute Gasteiger partial charge is 0.113 e. The fourth-order valence-electron chi connectivity index (χ4n) is 2.21. The average molecular weight is 199 g/mol. The SMILES string of the molecule is Cc1cn2c(n1)CCCc1ccncc1-2. The Morgan fingerprint density at radius 3 is 3.20 bits per heavy atom. The highest BCUT2D eigenvalue weighted by Crippen LogP contribution is 2.22. The third-order valence-corrected chi connectivity index (χ3v) is 2.89. The van der Waals surface area contributed by atoms with E-state index < -0.39 is 0 Å². The molecule has 0 bridgehead atoms. The fraction of sp³-hybridized carbons (Fsp3) is 0.333. The summed E-state index contributed by atoms with van der Waals surface area (Å²) in [7, 11) is 0. The Labute approximate surface area is 88.8 Å². The molecular weight excluding hydrogens is 186 g/mol. The van der Waals surface area contributed by atoms with Gasteiger partial charge in [-0.15, -0.1) is 0 Å². The van der Waals surface area contributed by atoms with Gasteiger partial charge in [0.25, 0.3) is 0 Å². The molecule has 2 aromatic rings. The van der Waals surface area contributed by atoms with Crippen molar-refractivity contribution in [2.24, 2.45) is 0 Å². The van der Waals surface area contributed by atoms with Crippen molar-refractivity contribution in [2.45, 2.75) is 26.2 Å². The van der Waals surface area contributed by atoms with Crippen LogP contribution in [0.25, 0.3) is 5.69 Å². The maximum Gasteiger partial charge on any atom is 0.113 e. The van der Waals surface area contributed by atoms with Crippen LogP contribution in [-0.4, -0.2) is 14.5 Å². The van der Waals surface area contributed by atoms with Crippen molar-refractivity contribution >= 4 is 0 Å². The van der Waals surface area contributed by atoms with E-state index in [0.717, 1.165) is 18.5 Å². The van der Waals surface area contributed by atoms with E-state index in [0.29, 0.717) is 0 Å². The highest BCUT2D eigenvalue weighted by atomic mass is 15.1. The van der Waals surface area contributed by atoms with Crippen molar-refractivity contribution in [1.82, 2.24) is 14.5 Å². The molecule has 0 unspecified atom stereocenters. The Hall–Kier alpha value is -1.64. The van der Waals surface area contributed by atoms with Crippen LogP contribution in [0.4, 0.5) is 0 Å². The first-order valence-corrected chi connectivity index (χ1v) is 5.33. The summed E-state index contributed by atoms with van der Waals surface area (Å²) in [5, 5.41) is 0. The molecule has 76 valence electrons. The second-order valence-corrected chi connectivity index (χ2v) is 4.03. The molecule has 0 spiro atoms. The minimum absolute atomic E-state index is 1.06. The second-order valence-electron chi connectivity index (χ2n) is 4.03. The molecule has 0 saturated carbocycles. The van der Waals surface area contributed by atoms with Gasteiger partial charge in [-0.2, -0.15) is 0 Å². The van der Waals surface area contributed by atoms with Crippen LogP contribution in [0, 0.1) is 6.92 Å². The Bertz CT molecular complexity index is 499. The first-order chi connectivity index (χ1) is 7.34. The Kier molecular flexibility index (Phi) is 1.84. The molecule has 2 aromatic heterocycles. The fourth-order valence-corrected chi connectivity index (χ4v) is 2.21. The zero-order chi connectivity index (χ0) is 10.3. The third-order valence-electron chi connectivity index (χ3n) is 2.89. The molecule has 0 N–H and O–H groups in total. The number of hydrogen-bond acceptors (Lipinski definition) is 2. The van der Waals surface area contributed by atoms with Crippen molar-refractivity contribution in [2.75, 3.05) is 0 Å². The number of nitrogens with zero attached hydrogens (tertiary/aromatic N) is 3. The van der Waals surface area contributed by atoms with Crippen LogP contribution in [-0.2, 0) is 12.8 Å². The van der Waals surface area contributed by atoms with E-state index in [-0.39, 0.29) is 0 Å². The number of aryl methyl sites for hydroxylation is 3. The maximum absolute atomic E-state index is 4.55. The Morgan fingerprint density at radius 1 is 1.33 bits per heavy atom. The normalized spacial score (nSPS) is 14.2. The van der Waals surface area contributed by atoms with Crippen molar-refractivity contribution < 1.29 is 0 Å². The van der Waals surface area contributed by atoms with Crippen LogP contribution < -0.4 is 0 Å². The molecule has 0 fully saturated rings. The largest absolute Gasteiger partial charge is 0.302 e. The third kappa shape index (κ3) is 1.35. The van der Waals surface area contributed by atoms with Gasteiger partial charge < -0.3 is 4.57 Å². The van der Waals surface area contributed by atoms with Crippen LogP contribution >= 0.6 is 0 Å². The molecule has 1 aliphatic rings. The number of hydrogen-bond donors (Lipinski definition) is 0. The van der Waals surface area contributed by atoms with Gasteiger partial charge in [-0.1, -0.05) is 0 Å². The lowest BCUT2D eigenvalue weighted by molar-refractivity contribution is 0.789. The Balaban J connectivity index is 2.26. The van der Waals surface area contributed by atoms with E-state index in [4.69, 9.17) is 0 Å². The van der Waals surface area contributed by atoms with Gasteiger partial charge >= 0.3 is 0 Å². The molecule has 0 saturated heterocycles. The number of rotatable bonds is 0. The topological polar surface area (TPSA) is 30.7 Å². The van der Waals surface area contributed by atoms with Crippen molar-refractivity contribution in [3.05, 3.63) is 41.7 Å². The summed E-state index contributed by atoms with van der Waals surface area (Å²) in [5.74, 6) is 1.17. The molecule has 0 radical (unpaired) electrons. The van der Waals surface area contributed by atoms with E-state index in [2.05, 4.69) is 26.8 Å². The molecule has 3 heteroatoms. The second kappa shape index (κ2) is 3.19. The van der Waals surface area contributed by atoms with Crippen molar-refractivity contribution in [1.29, 1.82) is 0 Å². The predicted molar refractivity (Wildman–Crippen MR) is 58.1 cm³/mol. The first kappa shape index (κ1) is 8.65. The van der Waals surface area contributed by atoms with Crippen molar-refractivity contribution in [3.8, 4) is 5.69 Å². The molecule has 0 aliphatic carbocycles. The predicted octanol–water partition coefficient (Wildman–Crippen LogP) is 2.06. The molecule has 0 aromatic carbocycles. The first-order valence-electron chi connectivity index (χ1n) is 5.33. The number of aromatic nitrogens is 3. The zero-order valence-corrected chi connectivity index (χ0v) is 8.77. The minimum atomic E-state index is 1.06. The van der Waals surface area contributed by atoms with Gasteiger partial charge in [-0.25, -0.2) is 4.98 Å². The van der Waals surface area contributed by atoms with Crippen LogP contribution in [0.3, 0.4) is 0 Å². The molecule has 3 heterocycles. The lowest BCUT2D eigenvalue weighted by Gasteiger charge is -2.06. The van der Waals surface area contributed by atoms with Crippen LogP contribution in [0.2, 0.25) is 0 Å². The quantitative estimate of drug-likeness (QED) is 0.650. The maximum atomic E-state index is 4.55. The zero-order valence-electron chi connectivity index (χ0n) is 8.77. The van der Waals surface area contributed by atoms with Gasteiger partial charge in [0.1, 0.15) is 5.82 Å². The van der Waals surface area contributed by atoms with Gasteiger partial charge in [0.15, 0.2) is 0 Å². The van der Waals surface area contributed by atoms with Gasteiger partial charge in [0, 0.05) is 18.8 Å². The molecular formula is C12H13N3. The monoisotopic (exact) mass is 199 g/mol. The summed E-state index contributed by atoms with van der Waals surface area (Å²) in [6.45, 7) is 2.04. The van der Waals surface area contributed by atoms with Gasteiger partial charge in [-0.05, 0) is 31.4 Å².